The third-order valence-corrected chi connectivity index (χ3v) is 4.21. The third kappa shape index (κ3) is 3.15. The fraction of sp³-hybridized carbons (Fsp3) is 0.533. The minimum Gasteiger partial charge on any atom is -0.338 e. The molecule has 8 nitrogen and oxygen atoms in total. The minimum absolute atomic E-state index is 0.0247. The number of likely N-dealkylation sites (tertiary alicyclic amines) is 1. The van der Waals surface area contributed by atoms with Crippen LogP contribution in [0.5, 0.6) is 0 Å². The number of nitrogens with one attached hydrogen (secondary N) is 2. The van der Waals surface area contributed by atoms with E-state index in [0.717, 1.165) is 18.5 Å². The Morgan fingerprint density at radius 1 is 1.35 bits per heavy atom. The monoisotopic (exact) mass is 316 g/mol. The average molecular weight is 316 g/mol. The van der Waals surface area contributed by atoms with E-state index in [1.54, 1.807) is 6.20 Å². The van der Waals surface area contributed by atoms with Crippen molar-refractivity contribution in [1.82, 2.24) is 30.0 Å². The maximum absolute atomic E-state index is 12.7. The van der Waals surface area contributed by atoms with Crippen LogP contribution in [0.2, 0.25) is 0 Å². The number of H-pyrrole nitrogens is 2. The van der Waals surface area contributed by atoms with Crippen molar-refractivity contribution in [3.63, 3.8) is 0 Å². The van der Waals surface area contributed by atoms with E-state index < -0.39 is 0 Å². The Balaban J connectivity index is 1.70. The van der Waals surface area contributed by atoms with Crippen molar-refractivity contribution in [2.75, 3.05) is 13.1 Å². The SMILES string of the molecule is CC(C)c1ncncc1C(=O)N1CCC(c2n[nH]c(=O)[nH]2)CC1. The first-order valence-corrected chi connectivity index (χ1v) is 7.80. The van der Waals surface area contributed by atoms with Gasteiger partial charge in [0.15, 0.2) is 0 Å². The van der Waals surface area contributed by atoms with Crippen molar-refractivity contribution >= 4 is 5.91 Å². The molecular formula is C15H20N6O2. The van der Waals surface area contributed by atoms with Gasteiger partial charge in [0.2, 0.25) is 0 Å². The van der Waals surface area contributed by atoms with Gasteiger partial charge in [-0.15, -0.1) is 0 Å². The van der Waals surface area contributed by atoms with Crippen molar-refractivity contribution < 1.29 is 4.79 Å². The predicted molar refractivity (Wildman–Crippen MR) is 83.2 cm³/mol. The zero-order valence-corrected chi connectivity index (χ0v) is 13.2. The molecule has 1 fully saturated rings. The molecule has 0 atom stereocenters. The summed E-state index contributed by atoms with van der Waals surface area (Å²) in [7, 11) is 0. The maximum atomic E-state index is 12.7. The van der Waals surface area contributed by atoms with Crippen LogP contribution in [0.15, 0.2) is 17.3 Å². The van der Waals surface area contributed by atoms with Crippen LogP contribution in [0.25, 0.3) is 0 Å². The van der Waals surface area contributed by atoms with Crippen molar-refractivity contribution in [3.8, 4) is 0 Å². The molecule has 0 aromatic carbocycles. The quantitative estimate of drug-likeness (QED) is 0.879. The summed E-state index contributed by atoms with van der Waals surface area (Å²) in [5.74, 6) is 0.995. The number of aromatic amines is 2. The van der Waals surface area contributed by atoms with Crippen LogP contribution in [-0.2, 0) is 0 Å². The zero-order chi connectivity index (χ0) is 16.4. The highest BCUT2D eigenvalue weighted by molar-refractivity contribution is 5.95. The van der Waals surface area contributed by atoms with Crippen LogP contribution in [0, 0.1) is 0 Å². The molecule has 3 heterocycles. The average Bonchev–Trinajstić information content (AvgIpc) is 3.01. The van der Waals surface area contributed by atoms with Crippen LogP contribution in [0.3, 0.4) is 0 Å². The van der Waals surface area contributed by atoms with Gasteiger partial charge in [-0.2, -0.15) is 5.10 Å². The molecule has 1 amide bonds. The second-order valence-electron chi connectivity index (χ2n) is 6.11. The number of carbonyl (C=O) groups is 1. The number of carbonyl (C=O) groups excluding carboxylic acids is 1. The number of nitrogens with zero attached hydrogens (tertiary/aromatic N) is 4. The van der Waals surface area contributed by atoms with Gasteiger partial charge >= 0.3 is 5.69 Å². The summed E-state index contributed by atoms with van der Waals surface area (Å²) in [6.45, 7) is 5.29. The lowest BCUT2D eigenvalue weighted by molar-refractivity contribution is 0.0708. The number of amides is 1. The summed E-state index contributed by atoms with van der Waals surface area (Å²) in [6, 6.07) is 0. The largest absolute Gasteiger partial charge is 0.340 e. The van der Waals surface area contributed by atoms with Gasteiger partial charge in [0.05, 0.1) is 11.3 Å². The first-order valence-electron chi connectivity index (χ1n) is 7.80. The predicted octanol–water partition coefficient (Wildman–Crippen LogP) is 1.03. The molecule has 0 radical (unpaired) electrons. The molecule has 0 aliphatic carbocycles. The standard InChI is InChI=1S/C15H20N6O2/c1-9(2)12-11(7-16-8-17-12)14(22)21-5-3-10(4-6-21)13-18-15(23)20-19-13/h7-10H,3-6H2,1-2H3,(H2,18,19,20,23). The molecule has 0 spiro atoms. The molecular weight excluding hydrogens is 296 g/mol. The van der Waals surface area contributed by atoms with Crippen molar-refractivity contribution in [2.24, 2.45) is 0 Å². The Morgan fingerprint density at radius 3 is 2.70 bits per heavy atom. The van der Waals surface area contributed by atoms with Gasteiger partial charge in [0, 0.05) is 25.2 Å². The number of rotatable bonds is 3. The van der Waals surface area contributed by atoms with E-state index in [1.165, 1.54) is 6.33 Å². The molecule has 23 heavy (non-hydrogen) atoms. The lowest BCUT2D eigenvalue weighted by Gasteiger charge is -2.31. The van der Waals surface area contributed by atoms with Crippen LogP contribution in [-0.4, -0.2) is 49.0 Å². The second kappa shape index (κ2) is 6.31. The topological polar surface area (TPSA) is 108 Å². The van der Waals surface area contributed by atoms with Gasteiger partial charge in [0.1, 0.15) is 12.2 Å². The highest BCUT2D eigenvalue weighted by atomic mass is 16.2. The summed E-state index contributed by atoms with van der Waals surface area (Å²) >= 11 is 0. The summed E-state index contributed by atoms with van der Waals surface area (Å²) in [5, 5.41) is 6.38. The van der Waals surface area contributed by atoms with E-state index >= 15 is 0 Å². The Morgan fingerprint density at radius 2 is 2.09 bits per heavy atom. The zero-order valence-electron chi connectivity index (χ0n) is 13.2. The van der Waals surface area contributed by atoms with E-state index in [1.807, 2.05) is 18.7 Å². The van der Waals surface area contributed by atoms with E-state index in [0.29, 0.717) is 24.5 Å². The summed E-state index contributed by atoms with van der Waals surface area (Å²) in [5.41, 5.74) is 1.07. The first kappa shape index (κ1) is 15.4. The Bertz CT molecular complexity index is 742. The number of hydrogen-bond donors (Lipinski definition) is 2. The summed E-state index contributed by atoms with van der Waals surface area (Å²) < 4.78 is 0. The fourth-order valence-electron chi connectivity index (χ4n) is 2.97. The van der Waals surface area contributed by atoms with E-state index in [9.17, 15) is 9.59 Å². The highest BCUT2D eigenvalue weighted by Gasteiger charge is 2.28. The van der Waals surface area contributed by atoms with E-state index in [4.69, 9.17) is 0 Å². The van der Waals surface area contributed by atoms with Gasteiger partial charge < -0.3 is 4.90 Å². The molecule has 2 aromatic heterocycles. The molecule has 3 rings (SSSR count). The van der Waals surface area contributed by atoms with Crippen molar-refractivity contribution in [2.45, 2.75) is 38.5 Å². The van der Waals surface area contributed by atoms with Crippen LogP contribution < -0.4 is 5.69 Å². The van der Waals surface area contributed by atoms with Gasteiger partial charge in [-0.25, -0.2) is 19.9 Å². The fourth-order valence-corrected chi connectivity index (χ4v) is 2.97. The van der Waals surface area contributed by atoms with Crippen LogP contribution in [0.1, 0.15) is 60.4 Å². The molecule has 1 aliphatic rings. The maximum Gasteiger partial charge on any atom is 0.340 e. The number of piperidine rings is 1. The lowest BCUT2D eigenvalue weighted by atomic mass is 9.95. The molecule has 122 valence electrons. The third-order valence-electron chi connectivity index (χ3n) is 4.21. The van der Waals surface area contributed by atoms with Gasteiger partial charge in [-0.1, -0.05) is 13.8 Å². The molecule has 0 bridgehead atoms. The van der Waals surface area contributed by atoms with Crippen molar-refractivity contribution in [3.05, 3.63) is 40.1 Å². The first-order chi connectivity index (χ1) is 11.1. The molecule has 0 saturated carbocycles. The highest BCUT2D eigenvalue weighted by Crippen LogP contribution is 2.26. The molecule has 2 aromatic rings. The molecule has 2 N–H and O–H groups in total. The lowest BCUT2D eigenvalue weighted by Crippen LogP contribution is -2.38. The molecule has 1 saturated heterocycles. The number of hydrogen-bond acceptors (Lipinski definition) is 5. The van der Waals surface area contributed by atoms with E-state index in [2.05, 4.69) is 25.1 Å². The van der Waals surface area contributed by atoms with Crippen LogP contribution in [0.4, 0.5) is 0 Å². The molecule has 8 heteroatoms. The van der Waals surface area contributed by atoms with Gasteiger partial charge in [-0.05, 0) is 18.8 Å². The summed E-state index contributed by atoms with van der Waals surface area (Å²) in [4.78, 5) is 36.6. The molecule has 0 unspecified atom stereocenters. The Kier molecular flexibility index (Phi) is 4.22. The van der Waals surface area contributed by atoms with Crippen molar-refractivity contribution in [1.29, 1.82) is 0 Å². The smallest absolute Gasteiger partial charge is 0.338 e. The summed E-state index contributed by atoms with van der Waals surface area (Å²) in [6.07, 6.45) is 4.63. The van der Waals surface area contributed by atoms with Crippen LogP contribution >= 0.6 is 0 Å². The van der Waals surface area contributed by atoms with E-state index in [-0.39, 0.29) is 23.4 Å². The van der Waals surface area contributed by atoms with Gasteiger partial charge in [0.25, 0.3) is 5.91 Å². The Labute approximate surface area is 133 Å². The normalized spacial score (nSPS) is 16.0. The minimum atomic E-state index is -0.290. The van der Waals surface area contributed by atoms with Gasteiger partial charge in [-0.3, -0.25) is 9.78 Å². The Hall–Kier alpha value is -2.51. The second-order valence-corrected chi connectivity index (χ2v) is 6.11. The number of aromatic nitrogens is 5. The molecule has 1 aliphatic heterocycles.